The van der Waals surface area contributed by atoms with Crippen molar-refractivity contribution in [3.8, 4) is 27.9 Å². The predicted octanol–water partition coefficient (Wildman–Crippen LogP) is 8.43. The van der Waals surface area contributed by atoms with E-state index in [0.29, 0.717) is 0 Å². The lowest BCUT2D eigenvalue weighted by Gasteiger charge is -2.09. The highest BCUT2D eigenvalue weighted by molar-refractivity contribution is 6.10. The summed E-state index contributed by atoms with van der Waals surface area (Å²) < 4.78 is 2.36. The van der Waals surface area contributed by atoms with Crippen molar-refractivity contribution in [1.82, 2.24) is 4.57 Å². The van der Waals surface area contributed by atoms with Crippen LogP contribution in [-0.2, 0) is 0 Å². The van der Waals surface area contributed by atoms with Crippen LogP contribution in [0.3, 0.4) is 0 Å². The van der Waals surface area contributed by atoms with Crippen molar-refractivity contribution in [2.45, 2.75) is 6.92 Å². The summed E-state index contributed by atoms with van der Waals surface area (Å²) in [6, 6.07) is 43.6. The number of fused-ring (bicyclic) bond motifs is 3. The second-order valence-corrected chi connectivity index (χ2v) is 8.31. The maximum absolute atomic E-state index is 2.36. The summed E-state index contributed by atoms with van der Waals surface area (Å²) in [6.07, 6.45) is 0. The van der Waals surface area contributed by atoms with Crippen molar-refractivity contribution in [1.29, 1.82) is 0 Å². The maximum atomic E-state index is 2.36. The molecule has 1 nitrogen and oxygen atoms in total. The van der Waals surface area contributed by atoms with E-state index >= 15 is 0 Å². The molecule has 1 heteroatoms. The molecule has 5 aromatic carbocycles. The Balaban J connectivity index is 1.49. The fourth-order valence-corrected chi connectivity index (χ4v) is 4.75. The van der Waals surface area contributed by atoms with Crippen LogP contribution in [0.15, 0.2) is 121 Å². The fraction of sp³-hybridized carbons (Fsp3) is 0.0323. The zero-order chi connectivity index (χ0) is 21.5. The van der Waals surface area contributed by atoms with Gasteiger partial charge >= 0.3 is 0 Å². The van der Waals surface area contributed by atoms with Gasteiger partial charge in [-0.25, -0.2) is 0 Å². The Kier molecular flexibility index (Phi) is 4.40. The molecule has 0 radical (unpaired) electrons. The normalized spacial score (nSPS) is 11.3. The number of hydrogen-bond acceptors (Lipinski definition) is 0. The molecular formula is C31H23N. The topological polar surface area (TPSA) is 4.93 Å². The minimum absolute atomic E-state index is 1.19. The van der Waals surface area contributed by atoms with Gasteiger partial charge in [-0.1, -0.05) is 91.0 Å². The SMILES string of the molecule is Cc1ccccc1-c1ccc(-c2ccc3c(c2)c2ccccc2n3-c2ccccc2)cc1. The number of aryl methyl sites for hydroxylation is 1. The summed E-state index contributed by atoms with van der Waals surface area (Å²) in [5.41, 5.74) is 9.99. The van der Waals surface area contributed by atoms with Crippen LogP contribution in [0.4, 0.5) is 0 Å². The van der Waals surface area contributed by atoms with Gasteiger partial charge in [0.05, 0.1) is 11.0 Å². The summed E-state index contributed by atoms with van der Waals surface area (Å²) in [4.78, 5) is 0. The molecule has 32 heavy (non-hydrogen) atoms. The summed E-state index contributed by atoms with van der Waals surface area (Å²) in [6.45, 7) is 2.17. The van der Waals surface area contributed by atoms with E-state index in [9.17, 15) is 0 Å². The van der Waals surface area contributed by atoms with Gasteiger partial charge in [-0.05, 0) is 65.1 Å². The maximum Gasteiger partial charge on any atom is 0.0541 e. The smallest absolute Gasteiger partial charge is 0.0541 e. The Morgan fingerprint density at radius 3 is 1.91 bits per heavy atom. The van der Waals surface area contributed by atoms with Crippen molar-refractivity contribution in [3.63, 3.8) is 0 Å². The number of rotatable bonds is 3. The fourth-order valence-electron chi connectivity index (χ4n) is 4.75. The second-order valence-electron chi connectivity index (χ2n) is 8.31. The van der Waals surface area contributed by atoms with Crippen LogP contribution < -0.4 is 0 Å². The summed E-state index contributed by atoms with van der Waals surface area (Å²) in [7, 11) is 0. The molecule has 1 heterocycles. The zero-order valence-electron chi connectivity index (χ0n) is 18.0. The van der Waals surface area contributed by atoms with Gasteiger partial charge in [0.25, 0.3) is 0 Å². The number of para-hydroxylation sites is 2. The van der Waals surface area contributed by atoms with Crippen LogP contribution in [0, 0.1) is 6.92 Å². The molecule has 152 valence electrons. The van der Waals surface area contributed by atoms with Gasteiger partial charge < -0.3 is 4.57 Å². The highest BCUT2D eigenvalue weighted by Crippen LogP contribution is 2.35. The van der Waals surface area contributed by atoms with Crippen LogP contribution in [0.1, 0.15) is 5.56 Å². The minimum atomic E-state index is 1.19. The van der Waals surface area contributed by atoms with Gasteiger partial charge in [0.15, 0.2) is 0 Å². The van der Waals surface area contributed by atoms with Crippen LogP contribution in [0.2, 0.25) is 0 Å². The molecule has 0 aliphatic rings. The number of hydrogen-bond donors (Lipinski definition) is 0. The Hall–Kier alpha value is -4.10. The lowest BCUT2D eigenvalue weighted by Crippen LogP contribution is -1.92. The average molecular weight is 410 g/mol. The van der Waals surface area contributed by atoms with Crippen molar-refractivity contribution >= 4 is 21.8 Å². The van der Waals surface area contributed by atoms with E-state index < -0.39 is 0 Å². The standard InChI is InChI=1S/C31H23N/c1-22-9-5-6-12-27(22)24-17-15-23(16-18-24)25-19-20-31-29(21-25)28-13-7-8-14-30(28)32(31)26-10-3-2-4-11-26/h2-21H,1H3. The molecular weight excluding hydrogens is 386 g/mol. The van der Waals surface area contributed by atoms with E-state index in [1.165, 1.54) is 55.3 Å². The number of nitrogens with zero attached hydrogens (tertiary/aromatic N) is 1. The molecule has 0 aliphatic heterocycles. The first-order valence-electron chi connectivity index (χ1n) is 11.0. The third kappa shape index (κ3) is 3.02. The first kappa shape index (κ1) is 18.7. The molecule has 0 aliphatic carbocycles. The number of aromatic nitrogens is 1. The van der Waals surface area contributed by atoms with E-state index in [0.717, 1.165) is 0 Å². The molecule has 6 rings (SSSR count). The minimum Gasteiger partial charge on any atom is -0.309 e. The summed E-state index contributed by atoms with van der Waals surface area (Å²) >= 11 is 0. The lowest BCUT2D eigenvalue weighted by atomic mass is 9.97. The second kappa shape index (κ2) is 7.55. The monoisotopic (exact) mass is 409 g/mol. The lowest BCUT2D eigenvalue weighted by molar-refractivity contribution is 1.18. The molecule has 0 fully saturated rings. The predicted molar refractivity (Wildman–Crippen MR) is 136 cm³/mol. The first-order valence-corrected chi connectivity index (χ1v) is 11.0. The largest absolute Gasteiger partial charge is 0.309 e. The van der Waals surface area contributed by atoms with Gasteiger partial charge in [0.1, 0.15) is 0 Å². The van der Waals surface area contributed by atoms with E-state index in [1.807, 2.05) is 0 Å². The van der Waals surface area contributed by atoms with Crippen molar-refractivity contribution in [2.75, 3.05) is 0 Å². The first-order chi connectivity index (χ1) is 15.8. The van der Waals surface area contributed by atoms with Gasteiger partial charge in [-0.2, -0.15) is 0 Å². The van der Waals surface area contributed by atoms with Crippen molar-refractivity contribution in [2.24, 2.45) is 0 Å². The third-order valence-electron chi connectivity index (χ3n) is 6.36. The van der Waals surface area contributed by atoms with Gasteiger partial charge in [0.2, 0.25) is 0 Å². The van der Waals surface area contributed by atoms with Crippen molar-refractivity contribution in [3.05, 3.63) is 127 Å². The van der Waals surface area contributed by atoms with Crippen molar-refractivity contribution < 1.29 is 0 Å². The molecule has 0 saturated carbocycles. The number of benzene rings is 5. The Morgan fingerprint density at radius 2 is 1.09 bits per heavy atom. The van der Waals surface area contributed by atoms with E-state index in [4.69, 9.17) is 0 Å². The summed E-state index contributed by atoms with van der Waals surface area (Å²) in [5, 5.41) is 2.56. The van der Waals surface area contributed by atoms with Crippen LogP contribution in [-0.4, -0.2) is 4.57 Å². The highest BCUT2D eigenvalue weighted by Gasteiger charge is 2.13. The average Bonchev–Trinajstić information content (AvgIpc) is 3.19. The highest BCUT2D eigenvalue weighted by atomic mass is 15.0. The van der Waals surface area contributed by atoms with E-state index in [-0.39, 0.29) is 0 Å². The Bertz CT molecular complexity index is 1550. The van der Waals surface area contributed by atoms with Gasteiger partial charge in [0, 0.05) is 16.5 Å². The molecule has 1 aromatic heterocycles. The van der Waals surface area contributed by atoms with E-state index in [2.05, 4.69) is 133 Å². The van der Waals surface area contributed by atoms with Crippen LogP contribution in [0.5, 0.6) is 0 Å². The molecule has 0 spiro atoms. The van der Waals surface area contributed by atoms with Gasteiger partial charge in [-0.15, -0.1) is 0 Å². The summed E-state index contributed by atoms with van der Waals surface area (Å²) in [5.74, 6) is 0. The molecule has 0 atom stereocenters. The molecule has 0 N–H and O–H groups in total. The molecule has 0 saturated heterocycles. The quantitative estimate of drug-likeness (QED) is 0.276. The molecule has 6 aromatic rings. The molecule has 0 bridgehead atoms. The molecule has 0 amide bonds. The zero-order valence-corrected chi connectivity index (χ0v) is 18.0. The van der Waals surface area contributed by atoms with E-state index in [1.54, 1.807) is 0 Å². The van der Waals surface area contributed by atoms with Gasteiger partial charge in [-0.3, -0.25) is 0 Å². The van der Waals surface area contributed by atoms with Crippen LogP contribution in [0.25, 0.3) is 49.7 Å². The Morgan fingerprint density at radius 1 is 0.469 bits per heavy atom. The Labute approximate surface area is 188 Å². The molecule has 0 unspecified atom stereocenters. The third-order valence-corrected chi connectivity index (χ3v) is 6.36. The van der Waals surface area contributed by atoms with Crippen LogP contribution >= 0.6 is 0 Å².